The first-order chi connectivity index (χ1) is 7.99. The third-order valence-corrected chi connectivity index (χ3v) is 2.35. The molecule has 0 fully saturated rings. The largest absolute Gasteiger partial charge is 0.507 e. The topological polar surface area (TPSA) is 86.2 Å². The number of carbonyl (C=O) groups is 1. The van der Waals surface area contributed by atoms with Gasteiger partial charge in [-0.2, -0.15) is 5.10 Å². The predicted octanol–water partition coefficient (Wildman–Crippen LogP) is 1.93. The molecule has 0 aliphatic carbocycles. The first-order valence-corrected chi connectivity index (χ1v) is 4.77. The molecule has 88 valence electrons. The average molecular weight is 236 g/mol. The molecule has 0 radical (unpaired) electrons. The van der Waals surface area contributed by atoms with E-state index in [2.05, 4.69) is 10.2 Å². The van der Waals surface area contributed by atoms with Gasteiger partial charge in [-0.05, 0) is 30.7 Å². The molecule has 0 aliphatic heterocycles. The molecule has 17 heavy (non-hydrogen) atoms. The number of carboxylic acid groups (broad SMARTS) is 1. The molecular weight excluding hydrogens is 227 g/mol. The van der Waals surface area contributed by atoms with Crippen molar-refractivity contribution in [3.8, 4) is 17.0 Å². The van der Waals surface area contributed by atoms with E-state index in [-0.39, 0.29) is 22.7 Å². The number of aromatic nitrogens is 2. The van der Waals surface area contributed by atoms with Gasteiger partial charge in [0.2, 0.25) is 0 Å². The Balaban J connectivity index is 2.56. The van der Waals surface area contributed by atoms with Gasteiger partial charge in [0.1, 0.15) is 17.3 Å². The second kappa shape index (κ2) is 3.89. The summed E-state index contributed by atoms with van der Waals surface area (Å²) < 4.78 is 13.2. The zero-order chi connectivity index (χ0) is 12.6. The standard InChI is InChI=1S/C11H9FN2O3/c1-5-2-6(12)3-7(10(5)15)8-4-9(11(16)17)14-13-8/h2-4,15H,1H3,(H,13,14)(H,16,17). The van der Waals surface area contributed by atoms with E-state index in [1.807, 2.05) is 0 Å². The number of aryl methyl sites for hydroxylation is 1. The minimum Gasteiger partial charge on any atom is -0.507 e. The number of phenols is 1. The predicted molar refractivity (Wildman–Crippen MR) is 57.3 cm³/mol. The smallest absolute Gasteiger partial charge is 0.353 e. The van der Waals surface area contributed by atoms with E-state index in [4.69, 9.17) is 5.11 Å². The first-order valence-electron chi connectivity index (χ1n) is 4.77. The number of halogens is 1. The van der Waals surface area contributed by atoms with Gasteiger partial charge < -0.3 is 10.2 Å². The summed E-state index contributed by atoms with van der Waals surface area (Å²) in [5, 5.41) is 24.5. The lowest BCUT2D eigenvalue weighted by Crippen LogP contribution is -1.95. The number of nitrogens with zero attached hydrogens (tertiary/aromatic N) is 1. The molecule has 0 spiro atoms. The fraction of sp³-hybridized carbons (Fsp3) is 0.0909. The Bertz CT molecular complexity index is 592. The van der Waals surface area contributed by atoms with Crippen LogP contribution in [0.1, 0.15) is 16.1 Å². The number of phenolic OH excluding ortho intramolecular Hbond substituents is 1. The Kier molecular flexibility index (Phi) is 2.55. The fourth-order valence-corrected chi connectivity index (χ4v) is 1.50. The zero-order valence-corrected chi connectivity index (χ0v) is 8.86. The van der Waals surface area contributed by atoms with Crippen LogP contribution < -0.4 is 0 Å². The highest BCUT2D eigenvalue weighted by Gasteiger charge is 2.14. The number of aromatic hydroxyl groups is 1. The van der Waals surface area contributed by atoms with Gasteiger partial charge in [-0.15, -0.1) is 0 Å². The SMILES string of the molecule is Cc1cc(F)cc(-c2cc(C(=O)O)[nH]n2)c1O. The number of hydrogen-bond acceptors (Lipinski definition) is 3. The number of benzene rings is 1. The number of nitrogens with one attached hydrogen (secondary N) is 1. The summed E-state index contributed by atoms with van der Waals surface area (Å²) in [6, 6.07) is 3.52. The maximum absolute atomic E-state index is 13.2. The Morgan fingerprint density at radius 3 is 2.71 bits per heavy atom. The van der Waals surface area contributed by atoms with Crippen LogP contribution in [0.3, 0.4) is 0 Å². The number of carboxylic acids is 1. The third kappa shape index (κ3) is 1.96. The normalized spacial score (nSPS) is 10.5. The second-order valence-electron chi connectivity index (χ2n) is 3.59. The quantitative estimate of drug-likeness (QED) is 0.743. The maximum atomic E-state index is 13.2. The minimum atomic E-state index is -1.17. The molecule has 1 heterocycles. The molecule has 0 bridgehead atoms. The third-order valence-electron chi connectivity index (χ3n) is 2.35. The summed E-state index contributed by atoms with van der Waals surface area (Å²) in [6.45, 7) is 1.55. The van der Waals surface area contributed by atoms with E-state index in [0.29, 0.717) is 5.56 Å². The number of hydrogen-bond donors (Lipinski definition) is 3. The van der Waals surface area contributed by atoms with E-state index in [1.165, 1.54) is 12.1 Å². The van der Waals surface area contributed by atoms with Gasteiger partial charge in [0.25, 0.3) is 0 Å². The van der Waals surface area contributed by atoms with Crippen LogP contribution in [0, 0.1) is 12.7 Å². The van der Waals surface area contributed by atoms with E-state index in [1.54, 1.807) is 6.92 Å². The van der Waals surface area contributed by atoms with Crippen LogP contribution in [0.2, 0.25) is 0 Å². The van der Waals surface area contributed by atoms with Gasteiger partial charge in [0, 0.05) is 5.56 Å². The van der Waals surface area contributed by atoms with Crippen LogP contribution >= 0.6 is 0 Å². The second-order valence-corrected chi connectivity index (χ2v) is 3.59. The van der Waals surface area contributed by atoms with Crippen molar-refractivity contribution in [2.75, 3.05) is 0 Å². The van der Waals surface area contributed by atoms with Crippen LogP contribution in [0.25, 0.3) is 11.3 Å². The van der Waals surface area contributed by atoms with Crippen molar-refractivity contribution in [3.63, 3.8) is 0 Å². The molecule has 1 aromatic heterocycles. The fourth-order valence-electron chi connectivity index (χ4n) is 1.50. The van der Waals surface area contributed by atoms with Gasteiger partial charge in [-0.3, -0.25) is 5.10 Å². The number of aromatic carboxylic acids is 1. The summed E-state index contributed by atoms with van der Waals surface area (Å²) in [5.74, 6) is -1.80. The molecule has 5 nitrogen and oxygen atoms in total. The molecule has 0 saturated carbocycles. The van der Waals surface area contributed by atoms with Crippen molar-refractivity contribution in [3.05, 3.63) is 35.3 Å². The van der Waals surface area contributed by atoms with Crippen LogP contribution in [0.15, 0.2) is 18.2 Å². The van der Waals surface area contributed by atoms with E-state index in [9.17, 15) is 14.3 Å². The highest BCUT2D eigenvalue weighted by Crippen LogP contribution is 2.31. The van der Waals surface area contributed by atoms with E-state index in [0.717, 1.165) is 6.07 Å². The summed E-state index contributed by atoms with van der Waals surface area (Å²) in [6.07, 6.45) is 0. The highest BCUT2D eigenvalue weighted by atomic mass is 19.1. The monoisotopic (exact) mass is 236 g/mol. The minimum absolute atomic E-state index is 0.116. The Morgan fingerprint density at radius 1 is 1.41 bits per heavy atom. The molecule has 2 rings (SSSR count). The van der Waals surface area contributed by atoms with Crippen molar-refractivity contribution in [2.45, 2.75) is 6.92 Å². The van der Waals surface area contributed by atoms with Crippen molar-refractivity contribution >= 4 is 5.97 Å². The van der Waals surface area contributed by atoms with Gasteiger partial charge in [0.05, 0.1) is 5.69 Å². The van der Waals surface area contributed by atoms with E-state index < -0.39 is 11.8 Å². The van der Waals surface area contributed by atoms with Crippen LogP contribution in [0.4, 0.5) is 4.39 Å². The molecule has 0 saturated heterocycles. The van der Waals surface area contributed by atoms with E-state index >= 15 is 0 Å². The van der Waals surface area contributed by atoms with Gasteiger partial charge in [-0.25, -0.2) is 9.18 Å². The highest BCUT2D eigenvalue weighted by molar-refractivity contribution is 5.87. The molecule has 2 aromatic rings. The number of rotatable bonds is 2. The van der Waals surface area contributed by atoms with Crippen molar-refractivity contribution in [2.24, 2.45) is 0 Å². The van der Waals surface area contributed by atoms with Crippen LogP contribution in [-0.2, 0) is 0 Å². The lowest BCUT2D eigenvalue weighted by molar-refractivity contribution is 0.0690. The lowest BCUT2D eigenvalue weighted by atomic mass is 10.1. The van der Waals surface area contributed by atoms with Crippen LogP contribution in [-0.4, -0.2) is 26.4 Å². The molecule has 0 atom stereocenters. The van der Waals surface area contributed by atoms with Gasteiger partial charge in [0.15, 0.2) is 0 Å². The molecule has 0 aliphatic rings. The Labute approximate surface area is 95.5 Å². The maximum Gasteiger partial charge on any atom is 0.353 e. The summed E-state index contributed by atoms with van der Waals surface area (Å²) in [7, 11) is 0. The first kappa shape index (κ1) is 11.1. The molecule has 1 aromatic carbocycles. The Morgan fingerprint density at radius 2 is 2.12 bits per heavy atom. The van der Waals surface area contributed by atoms with Crippen LogP contribution in [0.5, 0.6) is 5.75 Å². The summed E-state index contributed by atoms with van der Waals surface area (Å²) >= 11 is 0. The molecule has 0 unspecified atom stereocenters. The van der Waals surface area contributed by atoms with Gasteiger partial charge in [-0.1, -0.05) is 0 Å². The van der Waals surface area contributed by atoms with Crippen molar-refractivity contribution in [1.82, 2.24) is 10.2 Å². The molecule has 0 amide bonds. The number of aromatic amines is 1. The molecule has 3 N–H and O–H groups in total. The van der Waals surface area contributed by atoms with Gasteiger partial charge >= 0.3 is 5.97 Å². The van der Waals surface area contributed by atoms with Crippen molar-refractivity contribution < 1.29 is 19.4 Å². The number of H-pyrrole nitrogens is 1. The average Bonchev–Trinajstić information content (AvgIpc) is 2.72. The van der Waals surface area contributed by atoms with Crippen molar-refractivity contribution in [1.29, 1.82) is 0 Å². The molecule has 6 heteroatoms. The summed E-state index contributed by atoms with van der Waals surface area (Å²) in [5.41, 5.74) is 0.579. The Hall–Kier alpha value is -2.37. The summed E-state index contributed by atoms with van der Waals surface area (Å²) in [4.78, 5) is 10.7. The molecular formula is C11H9FN2O3. The lowest BCUT2D eigenvalue weighted by Gasteiger charge is -2.04. The zero-order valence-electron chi connectivity index (χ0n) is 8.86.